The summed E-state index contributed by atoms with van der Waals surface area (Å²) in [5.41, 5.74) is -1.89. The molecule has 0 saturated heterocycles. The number of rotatable bonds is 2. The van der Waals surface area contributed by atoms with E-state index in [0.29, 0.717) is 0 Å². The fourth-order valence-electron chi connectivity index (χ4n) is 2.64. The number of nitrogens with zero attached hydrogens (tertiary/aromatic N) is 1. The Labute approximate surface area is 154 Å². The molecule has 0 atom stereocenters. The summed E-state index contributed by atoms with van der Waals surface area (Å²) in [4.78, 5) is 3.88. The van der Waals surface area contributed by atoms with E-state index in [9.17, 15) is 36.6 Å². The molecule has 0 unspecified atom stereocenters. The summed E-state index contributed by atoms with van der Waals surface area (Å²) in [6.45, 7) is 0. The van der Waals surface area contributed by atoms with Gasteiger partial charge in [0.2, 0.25) is 0 Å². The molecule has 28 heavy (non-hydrogen) atoms. The maximum absolute atomic E-state index is 13.0. The molecule has 0 radical (unpaired) electrons. The van der Waals surface area contributed by atoms with E-state index in [-0.39, 0.29) is 22.3 Å². The van der Waals surface area contributed by atoms with E-state index >= 15 is 0 Å². The van der Waals surface area contributed by atoms with Crippen LogP contribution in [0.4, 0.5) is 26.3 Å². The lowest BCUT2D eigenvalue weighted by atomic mass is 9.98. The van der Waals surface area contributed by atoms with E-state index in [1.165, 1.54) is 30.6 Å². The van der Waals surface area contributed by atoms with Crippen molar-refractivity contribution in [3.63, 3.8) is 0 Å². The van der Waals surface area contributed by atoms with Crippen LogP contribution >= 0.6 is 0 Å². The third-order valence-electron chi connectivity index (χ3n) is 4.01. The first-order valence-corrected chi connectivity index (χ1v) is 7.73. The predicted octanol–water partition coefficient (Wildman–Crippen LogP) is 5.86. The zero-order valence-electron chi connectivity index (χ0n) is 13.8. The minimum Gasteiger partial charge on any atom is -0.507 e. The first kappa shape index (κ1) is 19.5. The van der Waals surface area contributed by atoms with E-state index in [0.717, 1.165) is 24.3 Å². The van der Waals surface area contributed by atoms with Crippen LogP contribution in [0.1, 0.15) is 11.1 Å². The number of halogens is 6. The lowest BCUT2D eigenvalue weighted by molar-refractivity contribution is -0.139. The quantitative estimate of drug-likeness (QED) is 0.531. The SMILES string of the molecule is Oc1ccc(-c2cncc(-c3ccc(O)c(C(F)(F)F)c3)c2)cc1C(F)(F)F. The molecule has 1 heterocycles. The first-order valence-electron chi connectivity index (χ1n) is 7.73. The van der Waals surface area contributed by atoms with E-state index in [4.69, 9.17) is 0 Å². The largest absolute Gasteiger partial charge is 0.507 e. The predicted molar refractivity (Wildman–Crippen MR) is 88.4 cm³/mol. The van der Waals surface area contributed by atoms with Crippen molar-refractivity contribution in [2.24, 2.45) is 0 Å². The van der Waals surface area contributed by atoms with Crippen molar-refractivity contribution in [1.82, 2.24) is 4.98 Å². The molecule has 0 aliphatic heterocycles. The van der Waals surface area contributed by atoms with Crippen LogP contribution in [0.3, 0.4) is 0 Å². The fraction of sp³-hybridized carbons (Fsp3) is 0.105. The lowest BCUT2D eigenvalue weighted by Crippen LogP contribution is -2.05. The molecule has 0 saturated carbocycles. The van der Waals surface area contributed by atoms with Gasteiger partial charge in [0.15, 0.2) is 0 Å². The maximum Gasteiger partial charge on any atom is 0.419 e. The molecule has 0 aliphatic rings. The molecule has 3 nitrogen and oxygen atoms in total. The average Bonchev–Trinajstić information content (AvgIpc) is 2.60. The normalized spacial score (nSPS) is 12.2. The summed E-state index contributed by atoms with van der Waals surface area (Å²) in [5, 5.41) is 18.8. The van der Waals surface area contributed by atoms with Gasteiger partial charge in [-0.05, 0) is 41.5 Å². The van der Waals surface area contributed by atoms with Gasteiger partial charge in [-0.25, -0.2) is 0 Å². The van der Waals surface area contributed by atoms with Crippen LogP contribution in [0.2, 0.25) is 0 Å². The minimum atomic E-state index is -4.77. The summed E-state index contributed by atoms with van der Waals surface area (Å²) in [6, 6.07) is 7.07. The molecule has 146 valence electrons. The molecule has 0 amide bonds. The standard InChI is InChI=1S/C19H11F6NO2/c20-18(21,22)14-6-10(1-3-16(14)27)12-5-13(9-26-8-12)11-2-4-17(28)15(7-11)19(23,24)25/h1-9,27-28H. The molecule has 2 N–H and O–H groups in total. The van der Waals surface area contributed by atoms with Gasteiger partial charge in [-0.1, -0.05) is 12.1 Å². The smallest absolute Gasteiger partial charge is 0.419 e. The zero-order chi connectivity index (χ0) is 20.7. The Kier molecular flexibility index (Phi) is 4.70. The molecule has 0 bridgehead atoms. The molecular formula is C19H11F6NO2. The van der Waals surface area contributed by atoms with Gasteiger partial charge in [-0.2, -0.15) is 26.3 Å². The van der Waals surface area contributed by atoms with Crippen LogP contribution in [-0.2, 0) is 12.4 Å². The van der Waals surface area contributed by atoms with Gasteiger partial charge in [-0.3, -0.25) is 4.98 Å². The highest BCUT2D eigenvalue weighted by molar-refractivity contribution is 5.73. The molecule has 1 aromatic heterocycles. The molecule has 0 spiro atoms. The fourth-order valence-corrected chi connectivity index (χ4v) is 2.64. The Hall–Kier alpha value is -3.23. The number of phenolic OH excluding ortho intramolecular Hbond substituents is 2. The van der Waals surface area contributed by atoms with Crippen LogP contribution in [0, 0.1) is 0 Å². The third kappa shape index (κ3) is 3.88. The van der Waals surface area contributed by atoms with Gasteiger partial charge < -0.3 is 10.2 Å². The van der Waals surface area contributed by atoms with Gasteiger partial charge in [0.1, 0.15) is 11.5 Å². The number of alkyl halides is 6. The second-order valence-electron chi connectivity index (χ2n) is 5.92. The van der Waals surface area contributed by atoms with Gasteiger partial charge in [0.25, 0.3) is 0 Å². The van der Waals surface area contributed by atoms with Crippen molar-refractivity contribution in [3.05, 3.63) is 66.0 Å². The molecule has 2 aromatic carbocycles. The first-order chi connectivity index (χ1) is 13.0. The van der Waals surface area contributed by atoms with Gasteiger partial charge in [0, 0.05) is 23.5 Å². The van der Waals surface area contributed by atoms with E-state index in [1.807, 2.05) is 0 Å². The number of pyridine rings is 1. The Morgan fingerprint density at radius 2 is 0.964 bits per heavy atom. The second kappa shape index (κ2) is 6.74. The highest BCUT2D eigenvalue weighted by Gasteiger charge is 2.35. The van der Waals surface area contributed by atoms with E-state index < -0.39 is 35.0 Å². The molecule has 9 heteroatoms. The molecule has 3 aromatic rings. The number of benzene rings is 2. The Morgan fingerprint density at radius 1 is 0.571 bits per heavy atom. The van der Waals surface area contributed by atoms with Crippen molar-refractivity contribution in [2.45, 2.75) is 12.4 Å². The van der Waals surface area contributed by atoms with E-state index in [1.54, 1.807) is 0 Å². The molecule has 3 rings (SSSR count). The summed E-state index contributed by atoms with van der Waals surface area (Å²) in [5.74, 6) is -1.87. The van der Waals surface area contributed by atoms with Crippen molar-refractivity contribution >= 4 is 0 Å². The summed E-state index contributed by atoms with van der Waals surface area (Å²) in [6.07, 6.45) is -7.05. The topological polar surface area (TPSA) is 53.4 Å². The summed E-state index contributed by atoms with van der Waals surface area (Å²) >= 11 is 0. The van der Waals surface area contributed by atoms with Crippen LogP contribution < -0.4 is 0 Å². The number of hydrogen-bond acceptors (Lipinski definition) is 3. The van der Waals surface area contributed by atoms with Gasteiger partial charge in [0.05, 0.1) is 11.1 Å². The molecular weight excluding hydrogens is 388 g/mol. The maximum atomic E-state index is 13.0. The van der Waals surface area contributed by atoms with Crippen molar-refractivity contribution < 1.29 is 36.6 Å². The lowest BCUT2D eigenvalue weighted by Gasteiger charge is -2.13. The third-order valence-corrected chi connectivity index (χ3v) is 4.01. The van der Waals surface area contributed by atoms with Crippen molar-refractivity contribution in [2.75, 3.05) is 0 Å². The Bertz CT molecular complexity index is 949. The molecule has 0 fully saturated rings. The van der Waals surface area contributed by atoms with Gasteiger partial charge in [-0.15, -0.1) is 0 Å². The van der Waals surface area contributed by atoms with Crippen molar-refractivity contribution in [3.8, 4) is 33.8 Å². The summed E-state index contributed by atoms with van der Waals surface area (Å²) < 4.78 is 77.9. The number of aromatic hydroxyl groups is 2. The highest BCUT2D eigenvalue weighted by atomic mass is 19.4. The average molecular weight is 399 g/mol. The highest BCUT2D eigenvalue weighted by Crippen LogP contribution is 2.40. The van der Waals surface area contributed by atoms with Crippen LogP contribution in [0.5, 0.6) is 11.5 Å². The zero-order valence-corrected chi connectivity index (χ0v) is 13.8. The summed E-state index contributed by atoms with van der Waals surface area (Å²) in [7, 11) is 0. The van der Waals surface area contributed by atoms with Crippen LogP contribution in [-0.4, -0.2) is 15.2 Å². The monoisotopic (exact) mass is 399 g/mol. The van der Waals surface area contributed by atoms with Crippen LogP contribution in [0.15, 0.2) is 54.9 Å². The van der Waals surface area contributed by atoms with Crippen molar-refractivity contribution in [1.29, 1.82) is 0 Å². The number of hydrogen-bond donors (Lipinski definition) is 2. The Morgan fingerprint density at radius 3 is 1.32 bits per heavy atom. The minimum absolute atomic E-state index is 0.0781. The second-order valence-corrected chi connectivity index (χ2v) is 5.92. The number of phenols is 2. The Balaban J connectivity index is 2.08. The van der Waals surface area contributed by atoms with Gasteiger partial charge >= 0.3 is 12.4 Å². The molecule has 0 aliphatic carbocycles. The van der Waals surface area contributed by atoms with E-state index in [2.05, 4.69) is 4.98 Å². The van der Waals surface area contributed by atoms with Crippen LogP contribution in [0.25, 0.3) is 22.3 Å². The number of aromatic nitrogens is 1.